The molecule has 2 aromatic rings. The van der Waals surface area contributed by atoms with Gasteiger partial charge in [-0.05, 0) is 25.1 Å². The molecule has 1 aromatic carbocycles. The van der Waals surface area contributed by atoms with Gasteiger partial charge in [0, 0.05) is 22.0 Å². The Morgan fingerprint density at radius 3 is 2.85 bits per heavy atom. The Morgan fingerprint density at radius 2 is 2.20 bits per heavy atom. The molecule has 0 fully saturated rings. The number of carbonyl (C=O) groups excluding carboxylic acids is 1. The van der Waals surface area contributed by atoms with Crippen molar-refractivity contribution in [3.63, 3.8) is 0 Å². The first-order valence-electron chi connectivity index (χ1n) is 5.83. The molecular formula is C13H12BrF2NO3. The summed E-state index contributed by atoms with van der Waals surface area (Å²) >= 11 is 3.32. The van der Waals surface area contributed by atoms with Crippen LogP contribution >= 0.6 is 15.9 Å². The van der Waals surface area contributed by atoms with Crippen LogP contribution in [0.2, 0.25) is 0 Å². The maximum absolute atomic E-state index is 12.1. The second-order valence-electron chi connectivity index (χ2n) is 4.31. The number of aliphatic hydroxyl groups excluding tert-OH is 1. The zero-order valence-corrected chi connectivity index (χ0v) is 12.1. The van der Waals surface area contributed by atoms with Crippen LogP contribution in [0.1, 0.15) is 16.1 Å². The van der Waals surface area contributed by atoms with E-state index in [0.29, 0.717) is 11.1 Å². The number of hydrogen-bond donors (Lipinski definition) is 2. The molecule has 7 heteroatoms. The van der Waals surface area contributed by atoms with E-state index in [4.69, 9.17) is 9.52 Å². The highest BCUT2D eigenvalue weighted by atomic mass is 79.9. The maximum atomic E-state index is 12.1. The van der Waals surface area contributed by atoms with Crippen molar-refractivity contribution in [2.45, 2.75) is 19.5 Å². The van der Waals surface area contributed by atoms with Crippen molar-refractivity contribution >= 4 is 32.8 Å². The molecule has 0 saturated carbocycles. The van der Waals surface area contributed by atoms with Gasteiger partial charge in [0.15, 0.2) is 5.76 Å². The predicted octanol–water partition coefficient (Wildman–Crippen LogP) is 2.86. The van der Waals surface area contributed by atoms with Crippen LogP contribution < -0.4 is 5.32 Å². The van der Waals surface area contributed by atoms with Gasteiger partial charge in [-0.1, -0.05) is 15.9 Å². The predicted molar refractivity (Wildman–Crippen MR) is 73.0 cm³/mol. The first kappa shape index (κ1) is 14.9. The Bertz CT molecular complexity index is 642. The van der Waals surface area contributed by atoms with E-state index in [-0.39, 0.29) is 5.76 Å². The van der Waals surface area contributed by atoms with Crippen molar-refractivity contribution in [2.75, 3.05) is 6.54 Å². The number of alkyl halides is 2. The lowest BCUT2D eigenvalue weighted by molar-refractivity contribution is -0.00282. The number of aliphatic hydroxyl groups is 1. The van der Waals surface area contributed by atoms with Crippen LogP contribution in [0.3, 0.4) is 0 Å². The number of furan rings is 1. The quantitative estimate of drug-likeness (QED) is 0.893. The van der Waals surface area contributed by atoms with Gasteiger partial charge in [-0.25, -0.2) is 8.78 Å². The number of nitrogens with one attached hydrogen (secondary N) is 1. The van der Waals surface area contributed by atoms with Crippen molar-refractivity contribution in [2.24, 2.45) is 0 Å². The fraction of sp³-hybridized carbons (Fsp3) is 0.308. The van der Waals surface area contributed by atoms with E-state index < -0.39 is 25.0 Å². The summed E-state index contributed by atoms with van der Waals surface area (Å²) in [6, 6.07) is 5.28. The summed E-state index contributed by atoms with van der Waals surface area (Å²) in [6.07, 6.45) is -4.79. The van der Waals surface area contributed by atoms with E-state index in [0.717, 1.165) is 9.86 Å². The number of carbonyl (C=O) groups is 1. The van der Waals surface area contributed by atoms with Crippen LogP contribution in [-0.2, 0) is 0 Å². The minimum Gasteiger partial charge on any atom is -0.451 e. The van der Waals surface area contributed by atoms with Crippen molar-refractivity contribution in [1.82, 2.24) is 5.32 Å². The van der Waals surface area contributed by atoms with Crippen LogP contribution in [0, 0.1) is 6.92 Å². The number of rotatable bonds is 4. The summed E-state index contributed by atoms with van der Waals surface area (Å²) < 4.78 is 30.5. The minimum atomic E-state index is -2.90. The van der Waals surface area contributed by atoms with Gasteiger partial charge in [0.1, 0.15) is 11.7 Å². The zero-order valence-electron chi connectivity index (χ0n) is 10.5. The monoisotopic (exact) mass is 347 g/mol. The van der Waals surface area contributed by atoms with Crippen LogP contribution in [-0.4, -0.2) is 30.1 Å². The summed E-state index contributed by atoms with van der Waals surface area (Å²) in [6.45, 7) is 1.17. The van der Waals surface area contributed by atoms with Gasteiger partial charge < -0.3 is 14.8 Å². The Hall–Kier alpha value is -1.47. The molecule has 2 rings (SSSR count). The molecule has 0 saturated heterocycles. The minimum absolute atomic E-state index is 0.0552. The van der Waals surface area contributed by atoms with Gasteiger partial charge in [-0.3, -0.25) is 4.79 Å². The second kappa shape index (κ2) is 5.88. The highest BCUT2D eigenvalue weighted by Gasteiger charge is 2.21. The smallest absolute Gasteiger partial charge is 0.287 e. The number of amides is 1. The van der Waals surface area contributed by atoms with Crippen LogP contribution in [0.15, 0.2) is 27.1 Å². The van der Waals surface area contributed by atoms with E-state index in [2.05, 4.69) is 21.2 Å². The average molecular weight is 348 g/mol. The SMILES string of the molecule is Cc1c(C(=O)NCC(O)C(F)F)oc2ccc(Br)cc12. The highest BCUT2D eigenvalue weighted by molar-refractivity contribution is 9.10. The van der Waals surface area contributed by atoms with Gasteiger partial charge >= 0.3 is 0 Å². The third-order valence-electron chi connectivity index (χ3n) is 2.87. The molecule has 4 nitrogen and oxygen atoms in total. The Labute approximate surface area is 121 Å². The molecule has 0 aliphatic rings. The lowest BCUT2D eigenvalue weighted by Crippen LogP contribution is -2.35. The van der Waals surface area contributed by atoms with Crippen LogP contribution in [0.4, 0.5) is 8.78 Å². The molecule has 1 atom stereocenters. The van der Waals surface area contributed by atoms with Gasteiger partial charge in [-0.2, -0.15) is 0 Å². The molecule has 1 amide bonds. The fourth-order valence-corrected chi connectivity index (χ4v) is 2.14. The normalized spacial score (nSPS) is 12.9. The number of fused-ring (bicyclic) bond motifs is 1. The molecule has 2 N–H and O–H groups in total. The molecule has 0 aliphatic carbocycles. The first-order valence-corrected chi connectivity index (χ1v) is 6.62. The lowest BCUT2D eigenvalue weighted by atomic mass is 10.1. The van der Waals surface area contributed by atoms with E-state index in [9.17, 15) is 13.6 Å². The number of halogens is 3. The first-order chi connectivity index (χ1) is 9.40. The largest absolute Gasteiger partial charge is 0.451 e. The molecule has 20 heavy (non-hydrogen) atoms. The summed E-state index contributed by atoms with van der Waals surface area (Å²) in [5, 5.41) is 12.0. The number of benzene rings is 1. The molecule has 1 heterocycles. The third-order valence-corrected chi connectivity index (χ3v) is 3.36. The summed E-state index contributed by atoms with van der Waals surface area (Å²) in [5.41, 5.74) is 1.15. The Balaban J connectivity index is 2.20. The molecule has 1 aromatic heterocycles. The second-order valence-corrected chi connectivity index (χ2v) is 5.22. The standard InChI is InChI=1S/C13H12BrF2NO3/c1-6-8-4-7(14)2-3-10(8)20-11(6)13(19)17-5-9(18)12(15)16/h2-4,9,12,18H,5H2,1H3,(H,17,19). The maximum Gasteiger partial charge on any atom is 0.287 e. The third kappa shape index (κ3) is 2.99. The van der Waals surface area contributed by atoms with E-state index >= 15 is 0 Å². The van der Waals surface area contributed by atoms with Crippen molar-refractivity contribution in [3.8, 4) is 0 Å². The molecule has 0 radical (unpaired) electrons. The van der Waals surface area contributed by atoms with Gasteiger partial charge in [0.2, 0.25) is 0 Å². The van der Waals surface area contributed by atoms with Crippen LogP contribution in [0.25, 0.3) is 11.0 Å². The molecule has 1 unspecified atom stereocenters. The molecule has 108 valence electrons. The molecule has 0 aliphatic heterocycles. The average Bonchev–Trinajstić information content (AvgIpc) is 2.73. The van der Waals surface area contributed by atoms with Crippen molar-refractivity contribution < 1.29 is 23.1 Å². The van der Waals surface area contributed by atoms with E-state index in [1.165, 1.54) is 0 Å². The zero-order chi connectivity index (χ0) is 14.9. The number of hydrogen-bond acceptors (Lipinski definition) is 3. The van der Waals surface area contributed by atoms with E-state index in [1.54, 1.807) is 25.1 Å². The highest BCUT2D eigenvalue weighted by Crippen LogP contribution is 2.27. The Morgan fingerprint density at radius 1 is 1.50 bits per heavy atom. The number of aryl methyl sites for hydroxylation is 1. The Kier molecular flexibility index (Phi) is 4.39. The van der Waals surface area contributed by atoms with Gasteiger partial charge in [0.05, 0.1) is 0 Å². The molecular weight excluding hydrogens is 336 g/mol. The van der Waals surface area contributed by atoms with Crippen molar-refractivity contribution in [3.05, 3.63) is 34.0 Å². The van der Waals surface area contributed by atoms with E-state index in [1.807, 2.05) is 0 Å². The topological polar surface area (TPSA) is 62.5 Å². The molecule has 0 spiro atoms. The van der Waals surface area contributed by atoms with Crippen molar-refractivity contribution in [1.29, 1.82) is 0 Å². The van der Waals surface area contributed by atoms with Crippen LogP contribution in [0.5, 0.6) is 0 Å². The van der Waals surface area contributed by atoms with Gasteiger partial charge in [-0.15, -0.1) is 0 Å². The summed E-state index contributed by atoms with van der Waals surface area (Å²) in [5.74, 6) is -0.575. The summed E-state index contributed by atoms with van der Waals surface area (Å²) in [7, 11) is 0. The summed E-state index contributed by atoms with van der Waals surface area (Å²) in [4.78, 5) is 11.9. The fourth-order valence-electron chi connectivity index (χ4n) is 1.78. The molecule has 0 bridgehead atoms. The lowest BCUT2D eigenvalue weighted by Gasteiger charge is -2.09. The van der Waals surface area contributed by atoms with Gasteiger partial charge in [0.25, 0.3) is 12.3 Å².